The fraction of sp³-hybridized carbons (Fsp3) is 0.133. The molecule has 0 aliphatic rings. The van der Waals surface area contributed by atoms with Crippen LogP contribution in [0.2, 0.25) is 0 Å². The fourth-order valence-electron chi connectivity index (χ4n) is 2.39. The number of benzene rings is 1. The number of rotatable bonds is 4. The molecule has 0 aliphatic heterocycles. The molecular weight excluding hydrogens is 352 g/mol. The van der Waals surface area contributed by atoms with E-state index in [0.717, 1.165) is 12.1 Å². The largest absolute Gasteiger partial charge is 0.286 e. The monoisotopic (exact) mass is 363 g/mol. The lowest BCUT2D eigenvalue weighted by molar-refractivity contribution is 0.581. The minimum Gasteiger partial charge on any atom is -0.286 e. The third-order valence-electron chi connectivity index (χ3n) is 3.49. The van der Waals surface area contributed by atoms with Gasteiger partial charge in [0.1, 0.15) is 28.9 Å². The van der Waals surface area contributed by atoms with Crippen molar-refractivity contribution in [3.63, 3.8) is 0 Å². The smallest absolute Gasteiger partial charge is 0.269 e. The third kappa shape index (κ3) is 2.89. The number of hydrogen-bond acceptors (Lipinski definition) is 5. The highest BCUT2D eigenvalue weighted by atomic mass is 32.2. The summed E-state index contributed by atoms with van der Waals surface area (Å²) in [5.74, 6) is -1.44. The summed E-state index contributed by atoms with van der Waals surface area (Å²) in [4.78, 5) is -0.226. The van der Waals surface area contributed by atoms with Crippen LogP contribution in [0.5, 0.6) is 0 Å². The highest BCUT2D eigenvalue weighted by Crippen LogP contribution is 2.27. The molecule has 0 saturated heterocycles. The maximum absolute atomic E-state index is 13.5. The molecule has 0 atom stereocenters. The molecule has 0 N–H and O–H groups in total. The number of halogens is 2. The average Bonchev–Trinajstić information content (AvgIpc) is 2.93. The normalized spacial score (nSPS) is 11.4. The Morgan fingerprint density at radius 1 is 1.24 bits per heavy atom. The summed E-state index contributed by atoms with van der Waals surface area (Å²) in [5, 5.41) is 16.6. The Labute approximate surface area is 141 Å². The van der Waals surface area contributed by atoms with Crippen molar-refractivity contribution >= 4 is 21.4 Å². The topological polar surface area (TPSA) is 91.4 Å². The van der Waals surface area contributed by atoms with Gasteiger partial charge in [0.25, 0.3) is 10.0 Å². The van der Waals surface area contributed by atoms with Crippen molar-refractivity contribution in [2.24, 2.45) is 0 Å². The van der Waals surface area contributed by atoms with E-state index in [1.807, 2.05) is 0 Å². The van der Waals surface area contributed by atoms with Gasteiger partial charge >= 0.3 is 0 Å². The number of pyridine rings is 1. The Morgan fingerprint density at radius 3 is 2.56 bits per heavy atom. The Kier molecular flexibility index (Phi) is 4.10. The lowest BCUT2D eigenvalue weighted by Gasteiger charge is -2.22. The van der Waals surface area contributed by atoms with Gasteiger partial charge in [0.2, 0.25) is 0 Å². The van der Waals surface area contributed by atoms with E-state index in [4.69, 9.17) is 5.26 Å². The summed E-state index contributed by atoms with van der Waals surface area (Å²) >= 11 is 0. The van der Waals surface area contributed by atoms with Gasteiger partial charge < -0.3 is 0 Å². The number of aryl methyl sites for hydroxylation is 1. The molecule has 3 aromatic rings. The van der Waals surface area contributed by atoms with Gasteiger partial charge in [-0.1, -0.05) is 0 Å². The molecule has 1 aromatic carbocycles. The first-order valence-electron chi connectivity index (χ1n) is 7.01. The van der Waals surface area contributed by atoms with Crippen molar-refractivity contribution in [3.05, 3.63) is 54.0 Å². The molecule has 0 spiro atoms. The molecule has 25 heavy (non-hydrogen) atoms. The van der Waals surface area contributed by atoms with Crippen LogP contribution in [0.4, 0.5) is 14.5 Å². The van der Waals surface area contributed by atoms with E-state index in [1.165, 1.54) is 16.5 Å². The van der Waals surface area contributed by atoms with Gasteiger partial charge in [0, 0.05) is 12.3 Å². The first-order chi connectivity index (χ1) is 11.8. The van der Waals surface area contributed by atoms with Crippen molar-refractivity contribution < 1.29 is 17.2 Å². The van der Waals surface area contributed by atoms with Crippen LogP contribution in [-0.2, 0) is 10.0 Å². The van der Waals surface area contributed by atoms with Gasteiger partial charge in [-0.2, -0.15) is 5.26 Å². The zero-order valence-corrected chi connectivity index (χ0v) is 13.7. The van der Waals surface area contributed by atoms with Crippen LogP contribution in [-0.4, -0.2) is 29.6 Å². The predicted molar refractivity (Wildman–Crippen MR) is 84.2 cm³/mol. The zero-order valence-electron chi connectivity index (χ0n) is 12.9. The molecule has 0 amide bonds. The van der Waals surface area contributed by atoms with Crippen molar-refractivity contribution in [2.75, 3.05) is 10.8 Å². The van der Waals surface area contributed by atoms with E-state index < -0.39 is 28.2 Å². The molecule has 7 nitrogen and oxygen atoms in total. The fourth-order valence-corrected chi connectivity index (χ4v) is 3.86. The van der Waals surface area contributed by atoms with E-state index in [1.54, 1.807) is 19.2 Å². The average molecular weight is 363 g/mol. The molecule has 0 fully saturated rings. The Morgan fingerprint density at radius 2 is 1.92 bits per heavy atom. The second-order valence-electron chi connectivity index (χ2n) is 5.11. The number of aromatic nitrogens is 3. The summed E-state index contributed by atoms with van der Waals surface area (Å²) in [6.07, 6.45) is 1.58. The van der Waals surface area contributed by atoms with E-state index in [0.29, 0.717) is 16.2 Å². The van der Waals surface area contributed by atoms with E-state index >= 15 is 0 Å². The quantitative estimate of drug-likeness (QED) is 0.662. The Hall–Kier alpha value is -3.06. The molecule has 0 aliphatic carbocycles. The molecule has 2 aromatic heterocycles. The number of fused-ring (bicyclic) bond motifs is 1. The lowest BCUT2D eigenvalue weighted by Crippen LogP contribution is -2.32. The number of sulfonamides is 1. The minimum atomic E-state index is -4.31. The van der Waals surface area contributed by atoms with E-state index in [-0.39, 0.29) is 16.2 Å². The van der Waals surface area contributed by atoms with Gasteiger partial charge in [-0.15, -0.1) is 10.2 Å². The van der Waals surface area contributed by atoms with Gasteiger partial charge in [-0.25, -0.2) is 17.2 Å². The lowest BCUT2D eigenvalue weighted by atomic mass is 10.3. The molecule has 128 valence electrons. The Bertz CT molecular complexity index is 1080. The second-order valence-corrected chi connectivity index (χ2v) is 6.94. The van der Waals surface area contributed by atoms with Crippen LogP contribution in [0, 0.1) is 29.9 Å². The van der Waals surface area contributed by atoms with Gasteiger partial charge in [-0.05, 0) is 31.2 Å². The molecular formula is C15H11F2N5O2S. The number of nitriles is 1. The molecule has 3 rings (SSSR count). The van der Waals surface area contributed by atoms with E-state index in [2.05, 4.69) is 10.2 Å². The second kappa shape index (κ2) is 6.10. The first-order valence-corrected chi connectivity index (χ1v) is 8.45. The number of nitrogens with zero attached hydrogens (tertiary/aromatic N) is 5. The Balaban J connectivity index is 2.22. The highest BCUT2D eigenvalue weighted by Gasteiger charge is 2.29. The van der Waals surface area contributed by atoms with Crippen LogP contribution in [0.15, 0.2) is 41.4 Å². The maximum atomic E-state index is 13.5. The zero-order chi connectivity index (χ0) is 18.2. The summed E-state index contributed by atoms with van der Waals surface area (Å²) in [5.41, 5.74) is -0.239. The van der Waals surface area contributed by atoms with Crippen molar-refractivity contribution in [1.29, 1.82) is 5.26 Å². The molecule has 0 radical (unpaired) electrons. The van der Waals surface area contributed by atoms with Crippen molar-refractivity contribution in [1.82, 2.24) is 14.6 Å². The van der Waals surface area contributed by atoms with Crippen LogP contribution >= 0.6 is 0 Å². The van der Waals surface area contributed by atoms with Crippen molar-refractivity contribution in [3.8, 4) is 6.07 Å². The molecule has 2 heterocycles. The van der Waals surface area contributed by atoms with E-state index in [9.17, 15) is 17.2 Å². The van der Waals surface area contributed by atoms with Crippen LogP contribution in [0.3, 0.4) is 0 Å². The number of hydrogen-bond donors (Lipinski definition) is 0. The van der Waals surface area contributed by atoms with Gasteiger partial charge in [-0.3, -0.25) is 8.71 Å². The highest BCUT2D eigenvalue weighted by molar-refractivity contribution is 7.93. The summed E-state index contributed by atoms with van der Waals surface area (Å²) < 4.78 is 55.1. The van der Waals surface area contributed by atoms with Crippen molar-refractivity contribution in [2.45, 2.75) is 11.8 Å². The molecule has 0 saturated carbocycles. The van der Waals surface area contributed by atoms with Crippen LogP contribution in [0.25, 0.3) is 5.65 Å². The molecule has 10 heteroatoms. The van der Waals surface area contributed by atoms with Gasteiger partial charge in [0.15, 0.2) is 5.65 Å². The standard InChI is InChI=1S/C15H11F2N5O2S/c1-10-19-20-15-14(3-2-5-21(10)15)25(23,24)22(6-4-18)13-8-11(16)7-12(17)9-13/h2-3,5,7-9H,6H2,1H3. The maximum Gasteiger partial charge on any atom is 0.269 e. The molecule has 0 bridgehead atoms. The number of anilines is 1. The summed E-state index contributed by atoms with van der Waals surface area (Å²) in [7, 11) is -4.31. The van der Waals surface area contributed by atoms with Gasteiger partial charge in [0.05, 0.1) is 11.8 Å². The first kappa shape index (κ1) is 16.8. The molecule has 0 unspecified atom stereocenters. The predicted octanol–water partition coefficient (Wildman–Crippen LogP) is 2.03. The van der Waals surface area contributed by atoms with Crippen LogP contribution < -0.4 is 4.31 Å². The third-order valence-corrected chi connectivity index (χ3v) is 5.28. The minimum absolute atomic E-state index is 0.0554. The summed E-state index contributed by atoms with van der Waals surface area (Å²) in [6.45, 7) is 1.02. The van der Waals surface area contributed by atoms with Crippen LogP contribution in [0.1, 0.15) is 5.82 Å². The summed E-state index contributed by atoms with van der Waals surface area (Å²) in [6, 6.07) is 6.76. The SMILES string of the molecule is Cc1nnc2c(S(=O)(=O)N(CC#N)c3cc(F)cc(F)c3)cccn12.